The number of fused-ring (bicyclic) bond motifs is 4. The van der Waals surface area contributed by atoms with Crippen molar-refractivity contribution in [1.82, 2.24) is 4.90 Å². The molecule has 0 atom stereocenters. The highest BCUT2D eigenvalue weighted by atomic mass is 16.2. The topological polar surface area (TPSA) is 43.9 Å². The molecule has 0 unspecified atom stereocenters. The van der Waals surface area contributed by atoms with Crippen LogP contribution in [0.25, 0.3) is 0 Å². The van der Waals surface area contributed by atoms with E-state index >= 15 is 0 Å². The van der Waals surface area contributed by atoms with Gasteiger partial charge in [0.05, 0.1) is 5.69 Å². The lowest BCUT2D eigenvalue weighted by molar-refractivity contribution is -0.123. The third-order valence-corrected chi connectivity index (χ3v) is 6.16. The Morgan fingerprint density at radius 2 is 1.17 bits per heavy atom. The molecule has 3 aromatic carbocycles. The molecule has 5 rings (SSSR count). The maximum Gasteiger partial charge on any atom is 0.332 e. The van der Waals surface area contributed by atoms with E-state index in [0.29, 0.717) is 5.69 Å². The number of urea groups is 1. The number of likely N-dealkylation sites (N-methyl/N-ethyl adjacent to an activating group) is 1. The second kappa shape index (κ2) is 5.95. The van der Waals surface area contributed by atoms with Crippen LogP contribution in [0.5, 0.6) is 0 Å². The maximum absolute atomic E-state index is 14.1. The first-order valence-electron chi connectivity index (χ1n) is 9.60. The lowest BCUT2D eigenvalue weighted by atomic mass is 9.76. The van der Waals surface area contributed by atoms with Gasteiger partial charge < -0.3 is 9.80 Å². The lowest BCUT2D eigenvalue weighted by Crippen LogP contribution is -2.49. The second-order valence-corrected chi connectivity index (χ2v) is 7.57. The average molecular weight is 383 g/mol. The first-order chi connectivity index (χ1) is 14.0. The van der Waals surface area contributed by atoms with Crippen molar-refractivity contribution < 1.29 is 9.59 Å². The Labute approximate surface area is 169 Å². The monoisotopic (exact) mass is 383 g/mol. The molecule has 29 heavy (non-hydrogen) atoms. The van der Waals surface area contributed by atoms with Crippen LogP contribution in [0.2, 0.25) is 0 Å². The molecule has 3 amide bonds. The van der Waals surface area contributed by atoms with Gasteiger partial charge in [0.1, 0.15) is 0 Å². The van der Waals surface area contributed by atoms with Crippen molar-refractivity contribution in [2.24, 2.45) is 0 Å². The summed E-state index contributed by atoms with van der Waals surface area (Å²) < 4.78 is 0. The minimum atomic E-state index is -1.20. The van der Waals surface area contributed by atoms with E-state index in [1.807, 2.05) is 86.8 Å². The summed E-state index contributed by atoms with van der Waals surface area (Å²) in [5.41, 5.74) is 3.79. The molecule has 3 aromatic rings. The van der Waals surface area contributed by atoms with Gasteiger partial charge in [0.2, 0.25) is 0 Å². The van der Waals surface area contributed by atoms with Crippen molar-refractivity contribution in [2.45, 2.75) is 12.5 Å². The van der Waals surface area contributed by atoms with Crippen LogP contribution in [0.4, 0.5) is 21.9 Å². The molecule has 1 spiro atoms. The molecular weight excluding hydrogens is 362 g/mol. The van der Waals surface area contributed by atoms with Crippen LogP contribution >= 0.6 is 0 Å². The van der Waals surface area contributed by atoms with Crippen LogP contribution in [0, 0.1) is 6.92 Å². The molecule has 0 aliphatic carbocycles. The highest BCUT2D eigenvalue weighted by Crippen LogP contribution is 2.53. The van der Waals surface area contributed by atoms with Crippen molar-refractivity contribution in [1.29, 1.82) is 0 Å². The van der Waals surface area contributed by atoms with Crippen molar-refractivity contribution in [2.75, 3.05) is 23.9 Å². The number of benzene rings is 3. The number of para-hydroxylation sites is 3. The molecule has 0 saturated carbocycles. The number of hydrogen-bond donors (Lipinski definition) is 0. The van der Waals surface area contributed by atoms with E-state index in [9.17, 15) is 9.59 Å². The summed E-state index contributed by atoms with van der Waals surface area (Å²) in [6.45, 7) is 1.91. The number of anilines is 3. The summed E-state index contributed by atoms with van der Waals surface area (Å²) >= 11 is 0. The molecule has 5 nitrogen and oxygen atoms in total. The third kappa shape index (κ3) is 2.04. The first kappa shape index (κ1) is 17.5. The molecule has 0 aromatic heterocycles. The predicted octanol–water partition coefficient (Wildman–Crippen LogP) is 4.42. The van der Waals surface area contributed by atoms with Gasteiger partial charge in [-0.15, -0.1) is 0 Å². The molecule has 5 heteroatoms. The first-order valence-corrected chi connectivity index (χ1v) is 9.60. The Bertz CT molecular complexity index is 1120. The molecule has 0 N–H and O–H groups in total. The molecule has 1 fully saturated rings. The van der Waals surface area contributed by atoms with Gasteiger partial charge in [-0.05, 0) is 30.7 Å². The van der Waals surface area contributed by atoms with Gasteiger partial charge in [-0.1, -0.05) is 54.6 Å². The van der Waals surface area contributed by atoms with Gasteiger partial charge in [0.25, 0.3) is 5.91 Å². The number of imide groups is 1. The summed E-state index contributed by atoms with van der Waals surface area (Å²) in [6.07, 6.45) is 0. The lowest BCUT2D eigenvalue weighted by Gasteiger charge is -2.43. The predicted molar refractivity (Wildman–Crippen MR) is 114 cm³/mol. The summed E-state index contributed by atoms with van der Waals surface area (Å²) in [7, 11) is 3.71. The van der Waals surface area contributed by atoms with Gasteiger partial charge in [0.15, 0.2) is 5.54 Å². The second-order valence-electron chi connectivity index (χ2n) is 7.57. The van der Waals surface area contributed by atoms with E-state index in [4.69, 9.17) is 0 Å². The van der Waals surface area contributed by atoms with E-state index in [2.05, 4.69) is 4.90 Å². The van der Waals surface area contributed by atoms with Gasteiger partial charge >= 0.3 is 6.03 Å². The average Bonchev–Trinajstić information content (AvgIpc) is 2.94. The highest BCUT2D eigenvalue weighted by Gasteiger charge is 2.61. The van der Waals surface area contributed by atoms with E-state index < -0.39 is 5.54 Å². The fourth-order valence-electron chi connectivity index (χ4n) is 4.72. The molecule has 0 radical (unpaired) electrons. The summed E-state index contributed by atoms with van der Waals surface area (Å²) in [5, 5.41) is 0. The molecule has 1 saturated heterocycles. The Hall–Kier alpha value is -3.60. The van der Waals surface area contributed by atoms with Crippen molar-refractivity contribution >= 4 is 29.0 Å². The normalized spacial score (nSPS) is 17.0. The van der Waals surface area contributed by atoms with Crippen LogP contribution in [-0.4, -0.2) is 30.9 Å². The van der Waals surface area contributed by atoms with E-state index in [1.165, 1.54) is 4.90 Å². The quantitative estimate of drug-likeness (QED) is 0.585. The fourth-order valence-corrected chi connectivity index (χ4v) is 4.72. The number of hydrogen-bond acceptors (Lipinski definition) is 3. The Morgan fingerprint density at radius 3 is 1.72 bits per heavy atom. The van der Waals surface area contributed by atoms with Crippen molar-refractivity contribution in [3.63, 3.8) is 0 Å². The van der Waals surface area contributed by atoms with Crippen molar-refractivity contribution in [3.05, 3.63) is 89.5 Å². The van der Waals surface area contributed by atoms with Gasteiger partial charge in [0, 0.05) is 36.6 Å². The Balaban J connectivity index is 1.84. The molecule has 2 aliphatic rings. The van der Waals surface area contributed by atoms with Crippen LogP contribution in [0.15, 0.2) is 72.8 Å². The number of carbonyl (C=O) groups is 2. The van der Waals surface area contributed by atoms with Gasteiger partial charge in [-0.25, -0.2) is 9.69 Å². The third-order valence-electron chi connectivity index (χ3n) is 6.16. The fraction of sp³-hybridized carbons (Fsp3) is 0.167. The highest BCUT2D eigenvalue weighted by molar-refractivity contribution is 6.26. The van der Waals surface area contributed by atoms with Crippen LogP contribution in [-0.2, 0) is 10.3 Å². The number of nitrogens with zero attached hydrogens (tertiary/aromatic N) is 3. The Morgan fingerprint density at radius 1 is 0.690 bits per heavy atom. The molecule has 2 heterocycles. The van der Waals surface area contributed by atoms with Gasteiger partial charge in [-0.2, -0.15) is 0 Å². The Kier molecular flexibility index (Phi) is 3.59. The standard InChI is InChI=1S/C24H21N3O2/c1-16-10-4-7-13-19(16)27-22(28)24(26(3)23(27)29)17-11-5-8-14-20(17)25(2)21-15-9-6-12-18(21)24/h4-15H,1-3H3. The number of rotatable bonds is 1. The number of amides is 3. The van der Waals surface area contributed by atoms with Crippen molar-refractivity contribution in [3.8, 4) is 0 Å². The molecule has 0 bridgehead atoms. The number of carbonyl (C=O) groups excluding carboxylic acids is 2. The summed E-state index contributed by atoms with van der Waals surface area (Å²) in [5.74, 6) is -0.243. The molecular formula is C24H21N3O2. The van der Waals surface area contributed by atoms with E-state index in [-0.39, 0.29) is 11.9 Å². The largest absolute Gasteiger partial charge is 0.344 e. The molecule has 2 aliphatic heterocycles. The number of aryl methyl sites for hydroxylation is 1. The molecule has 144 valence electrons. The zero-order valence-corrected chi connectivity index (χ0v) is 16.6. The SMILES string of the molecule is Cc1ccccc1N1C(=O)N(C)C2(C1=O)c1ccccc1N(C)c1ccccc12. The summed E-state index contributed by atoms with van der Waals surface area (Å²) in [4.78, 5) is 32.6. The van der Waals surface area contributed by atoms with Crippen LogP contribution in [0.1, 0.15) is 16.7 Å². The smallest absolute Gasteiger partial charge is 0.332 e. The van der Waals surface area contributed by atoms with Crippen LogP contribution < -0.4 is 9.80 Å². The van der Waals surface area contributed by atoms with E-state index in [1.54, 1.807) is 11.9 Å². The minimum Gasteiger partial charge on any atom is -0.344 e. The van der Waals surface area contributed by atoms with Gasteiger partial charge in [-0.3, -0.25) is 4.79 Å². The minimum absolute atomic E-state index is 0.243. The van der Waals surface area contributed by atoms with E-state index in [0.717, 1.165) is 28.1 Å². The van der Waals surface area contributed by atoms with Crippen LogP contribution in [0.3, 0.4) is 0 Å². The zero-order chi connectivity index (χ0) is 20.3. The summed E-state index contributed by atoms with van der Waals surface area (Å²) in [6, 6.07) is 22.8. The zero-order valence-electron chi connectivity index (χ0n) is 16.6. The maximum atomic E-state index is 14.1.